The van der Waals surface area contributed by atoms with Crippen molar-refractivity contribution in [2.24, 2.45) is 11.7 Å². The Kier molecular flexibility index (Phi) is 6.27. The van der Waals surface area contributed by atoms with Gasteiger partial charge in [0.2, 0.25) is 0 Å². The summed E-state index contributed by atoms with van der Waals surface area (Å²) < 4.78 is 5.47. The summed E-state index contributed by atoms with van der Waals surface area (Å²) in [5.41, 5.74) is 5.17. The summed E-state index contributed by atoms with van der Waals surface area (Å²) in [6, 6.07) is 0.391. The number of carbonyl (C=O) groups excluding carboxylic acids is 1. The first-order chi connectivity index (χ1) is 9.24. The molecule has 1 aliphatic heterocycles. The van der Waals surface area contributed by atoms with Crippen molar-refractivity contribution in [3.63, 3.8) is 0 Å². The number of amides is 1. The van der Waals surface area contributed by atoms with Crippen LogP contribution in [0.25, 0.3) is 0 Å². The maximum absolute atomic E-state index is 12.2. The Bertz CT molecular complexity index is 313. The maximum Gasteiger partial charge on any atom is 0.410 e. The first kappa shape index (κ1) is 17.2. The van der Waals surface area contributed by atoms with Crippen LogP contribution in [0.4, 0.5) is 4.79 Å². The summed E-state index contributed by atoms with van der Waals surface area (Å²) in [5.74, 6) is 0.512. The monoisotopic (exact) mass is 285 g/mol. The van der Waals surface area contributed by atoms with Crippen LogP contribution in [0.2, 0.25) is 0 Å². The molecule has 0 aromatic heterocycles. The van der Waals surface area contributed by atoms with Gasteiger partial charge in [-0.25, -0.2) is 4.79 Å². The lowest BCUT2D eigenvalue weighted by Crippen LogP contribution is -2.57. The molecule has 0 aromatic rings. The van der Waals surface area contributed by atoms with E-state index in [1.165, 1.54) is 0 Å². The van der Waals surface area contributed by atoms with Gasteiger partial charge >= 0.3 is 6.09 Å². The molecule has 1 amide bonds. The van der Waals surface area contributed by atoms with Gasteiger partial charge in [-0.1, -0.05) is 13.8 Å². The number of nitrogens with two attached hydrogens (primary N) is 1. The standard InChI is InChI=1S/C15H31N3O2/c1-12(2)13-11-18(14(19)20-15(3,4)5)10-9-17(13)8-6-7-16/h12-13H,6-11,16H2,1-5H3. The third kappa shape index (κ3) is 5.29. The molecule has 1 aliphatic rings. The maximum atomic E-state index is 12.2. The van der Waals surface area contributed by atoms with E-state index in [-0.39, 0.29) is 6.09 Å². The molecule has 118 valence electrons. The molecule has 2 N–H and O–H groups in total. The van der Waals surface area contributed by atoms with E-state index in [1.807, 2.05) is 25.7 Å². The van der Waals surface area contributed by atoms with E-state index in [4.69, 9.17) is 10.5 Å². The Hall–Kier alpha value is -0.810. The van der Waals surface area contributed by atoms with E-state index in [9.17, 15) is 4.79 Å². The van der Waals surface area contributed by atoms with E-state index >= 15 is 0 Å². The van der Waals surface area contributed by atoms with E-state index in [0.717, 1.165) is 39.1 Å². The first-order valence-electron chi connectivity index (χ1n) is 7.66. The molecule has 0 saturated carbocycles. The third-order valence-electron chi connectivity index (χ3n) is 3.60. The number of carbonyl (C=O) groups is 1. The predicted octanol–water partition coefficient (Wildman–Crippen LogP) is 1.91. The SMILES string of the molecule is CC(C)C1CN(C(=O)OC(C)(C)C)CCN1CCCN. The molecule has 1 unspecified atom stereocenters. The smallest absolute Gasteiger partial charge is 0.410 e. The van der Waals surface area contributed by atoms with Crippen LogP contribution >= 0.6 is 0 Å². The minimum Gasteiger partial charge on any atom is -0.444 e. The molecule has 1 atom stereocenters. The largest absolute Gasteiger partial charge is 0.444 e. The second kappa shape index (κ2) is 7.27. The Morgan fingerprint density at radius 2 is 2.00 bits per heavy atom. The van der Waals surface area contributed by atoms with Crippen molar-refractivity contribution in [3.05, 3.63) is 0 Å². The first-order valence-corrected chi connectivity index (χ1v) is 7.66. The Morgan fingerprint density at radius 3 is 2.50 bits per heavy atom. The van der Waals surface area contributed by atoms with Gasteiger partial charge in [-0.2, -0.15) is 0 Å². The molecule has 1 fully saturated rings. The molecule has 5 nitrogen and oxygen atoms in total. The summed E-state index contributed by atoms with van der Waals surface area (Å²) in [4.78, 5) is 16.5. The zero-order valence-electron chi connectivity index (χ0n) is 13.7. The van der Waals surface area contributed by atoms with E-state index in [1.54, 1.807) is 0 Å². The number of hydrogen-bond donors (Lipinski definition) is 1. The summed E-state index contributed by atoms with van der Waals surface area (Å²) in [6.07, 6.45) is 0.817. The van der Waals surface area contributed by atoms with E-state index < -0.39 is 5.60 Å². The molecular weight excluding hydrogens is 254 g/mol. The van der Waals surface area contributed by atoms with Crippen LogP contribution < -0.4 is 5.73 Å². The topological polar surface area (TPSA) is 58.8 Å². The lowest BCUT2D eigenvalue weighted by Gasteiger charge is -2.43. The Balaban J connectivity index is 2.61. The lowest BCUT2D eigenvalue weighted by molar-refractivity contribution is -0.00254. The van der Waals surface area contributed by atoms with Crippen molar-refractivity contribution in [1.29, 1.82) is 0 Å². The summed E-state index contributed by atoms with van der Waals surface area (Å²) in [5, 5.41) is 0. The van der Waals surface area contributed by atoms with Crippen LogP contribution in [0.1, 0.15) is 41.0 Å². The third-order valence-corrected chi connectivity index (χ3v) is 3.60. The molecule has 0 radical (unpaired) electrons. The van der Waals surface area contributed by atoms with Crippen LogP contribution in [0.15, 0.2) is 0 Å². The molecule has 1 saturated heterocycles. The van der Waals surface area contributed by atoms with Gasteiger partial charge in [0, 0.05) is 25.7 Å². The van der Waals surface area contributed by atoms with Gasteiger partial charge in [0.1, 0.15) is 5.60 Å². The lowest BCUT2D eigenvalue weighted by atomic mass is 9.99. The van der Waals surface area contributed by atoms with Gasteiger partial charge < -0.3 is 15.4 Å². The molecule has 0 spiro atoms. The predicted molar refractivity (Wildman–Crippen MR) is 81.7 cm³/mol. The molecular formula is C15H31N3O2. The number of hydrogen-bond acceptors (Lipinski definition) is 4. The molecule has 5 heteroatoms. The minimum atomic E-state index is -0.429. The highest BCUT2D eigenvalue weighted by Gasteiger charge is 2.32. The van der Waals surface area contributed by atoms with Crippen molar-refractivity contribution in [2.75, 3.05) is 32.7 Å². The number of ether oxygens (including phenoxy) is 1. The van der Waals surface area contributed by atoms with Gasteiger partial charge in [-0.15, -0.1) is 0 Å². The van der Waals surface area contributed by atoms with Crippen molar-refractivity contribution in [1.82, 2.24) is 9.80 Å². The molecule has 1 heterocycles. The van der Waals surface area contributed by atoms with Crippen molar-refractivity contribution < 1.29 is 9.53 Å². The van der Waals surface area contributed by atoms with Crippen molar-refractivity contribution >= 4 is 6.09 Å². The zero-order chi connectivity index (χ0) is 15.3. The van der Waals surface area contributed by atoms with Gasteiger partial charge in [0.15, 0.2) is 0 Å². The molecule has 1 rings (SSSR count). The molecule has 20 heavy (non-hydrogen) atoms. The summed E-state index contributed by atoms with van der Waals surface area (Å²) >= 11 is 0. The van der Waals surface area contributed by atoms with Crippen molar-refractivity contribution in [3.8, 4) is 0 Å². The molecule has 0 aromatic carbocycles. The zero-order valence-corrected chi connectivity index (χ0v) is 13.7. The Labute approximate surface area is 123 Å². The van der Waals surface area contributed by atoms with Gasteiger partial charge in [0.25, 0.3) is 0 Å². The fraction of sp³-hybridized carbons (Fsp3) is 0.933. The molecule has 0 aliphatic carbocycles. The average Bonchev–Trinajstić information content (AvgIpc) is 2.33. The highest BCUT2D eigenvalue weighted by Crippen LogP contribution is 2.19. The molecule has 0 bridgehead atoms. The number of rotatable bonds is 4. The van der Waals surface area contributed by atoms with Gasteiger partial charge in [-0.3, -0.25) is 4.90 Å². The van der Waals surface area contributed by atoms with Crippen LogP contribution in [-0.2, 0) is 4.74 Å². The van der Waals surface area contributed by atoms with Crippen molar-refractivity contribution in [2.45, 2.75) is 52.7 Å². The number of piperazine rings is 1. The van der Waals surface area contributed by atoms with E-state index in [0.29, 0.717) is 12.0 Å². The van der Waals surface area contributed by atoms with Crippen LogP contribution in [0, 0.1) is 5.92 Å². The van der Waals surface area contributed by atoms with Gasteiger partial charge in [-0.05, 0) is 46.2 Å². The highest BCUT2D eigenvalue weighted by molar-refractivity contribution is 5.68. The van der Waals surface area contributed by atoms with Crippen LogP contribution in [0.3, 0.4) is 0 Å². The van der Waals surface area contributed by atoms with Crippen LogP contribution in [0.5, 0.6) is 0 Å². The van der Waals surface area contributed by atoms with Crippen LogP contribution in [-0.4, -0.2) is 60.3 Å². The quantitative estimate of drug-likeness (QED) is 0.857. The second-order valence-electron chi connectivity index (χ2n) is 6.92. The minimum absolute atomic E-state index is 0.193. The fourth-order valence-corrected chi connectivity index (χ4v) is 2.54. The summed E-state index contributed by atoms with van der Waals surface area (Å²) in [7, 11) is 0. The number of nitrogens with zero attached hydrogens (tertiary/aromatic N) is 2. The average molecular weight is 285 g/mol. The fourth-order valence-electron chi connectivity index (χ4n) is 2.54. The van der Waals surface area contributed by atoms with E-state index in [2.05, 4.69) is 18.7 Å². The van der Waals surface area contributed by atoms with Gasteiger partial charge in [0.05, 0.1) is 0 Å². The summed E-state index contributed by atoms with van der Waals surface area (Å²) in [6.45, 7) is 14.3. The highest BCUT2D eigenvalue weighted by atomic mass is 16.6. The normalized spacial score (nSPS) is 21.4. The second-order valence-corrected chi connectivity index (χ2v) is 6.92. The Morgan fingerprint density at radius 1 is 1.35 bits per heavy atom.